The molecule has 3 aliphatic carbocycles. The van der Waals surface area contributed by atoms with Gasteiger partial charge in [0.15, 0.2) is 0 Å². The standard InChI is InChI=1S/C13H15F2N/c1-16-12-8-4-5-13(12,7-8)10-6-9(14)2-3-11(10)15/h2-3,6,8,12,16H,4-5,7H2,1H3. The first kappa shape index (κ1) is 10.2. The molecule has 3 atom stereocenters. The van der Waals surface area contributed by atoms with E-state index in [1.54, 1.807) is 0 Å². The molecule has 1 nitrogen and oxygen atoms in total. The molecule has 3 heteroatoms. The normalized spacial score (nSPS) is 36.2. The molecule has 0 aromatic heterocycles. The van der Waals surface area contributed by atoms with Crippen molar-refractivity contribution in [3.05, 3.63) is 35.4 Å². The molecule has 16 heavy (non-hydrogen) atoms. The maximum atomic E-state index is 13.8. The minimum absolute atomic E-state index is 0.147. The lowest BCUT2D eigenvalue weighted by molar-refractivity contribution is 0.152. The fourth-order valence-corrected chi connectivity index (χ4v) is 3.78. The second-order valence-corrected chi connectivity index (χ2v) is 5.05. The Labute approximate surface area is 93.9 Å². The summed E-state index contributed by atoms with van der Waals surface area (Å²) in [4.78, 5) is 0. The molecule has 2 bridgehead atoms. The third kappa shape index (κ3) is 1.12. The van der Waals surface area contributed by atoms with Crippen LogP contribution in [0, 0.1) is 17.6 Å². The number of nitrogens with one attached hydrogen (secondary N) is 1. The van der Waals surface area contributed by atoms with Crippen molar-refractivity contribution in [3.8, 4) is 0 Å². The number of rotatable bonds is 2. The second-order valence-electron chi connectivity index (χ2n) is 5.05. The zero-order valence-electron chi connectivity index (χ0n) is 9.26. The van der Waals surface area contributed by atoms with Crippen LogP contribution in [0.15, 0.2) is 18.2 Å². The molecular formula is C13H15F2N. The maximum Gasteiger partial charge on any atom is 0.127 e. The van der Waals surface area contributed by atoms with Crippen molar-refractivity contribution in [2.24, 2.45) is 5.92 Å². The fourth-order valence-electron chi connectivity index (χ4n) is 3.78. The third-order valence-corrected chi connectivity index (χ3v) is 4.43. The van der Waals surface area contributed by atoms with Gasteiger partial charge in [-0.1, -0.05) is 0 Å². The number of likely N-dealkylation sites (N-methyl/N-ethyl adjacent to an activating group) is 1. The summed E-state index contributed by atoms with van der Waals surface area (Å²) in [5.41, 5.74) is 0.423. The lowest BCUT2D eigenvalue weighted by atomic mass is 9.61. The summed E-state index contributed by atoms with van der Waals surface area (Å²) in [5, 5.41) is 3.26. The first-order chi connectivity index (χ1) is 7.67. The molecule has 86 valence electrons. The van der Waals surface area contributed by atoms with Gasteiger partial charge < -0.3 is 5.32 Å². The van der Waals surface area contributed by atoms with Crippen LogP contribution < -0.4 is 5.32 Å². The summed E-state index contributed by atoms with van der Waals surface area (Å²) in [7, 11) is 1.91. The monoisotopic (exact) mass is 223 g/mol. The Kier molecular flexibility index (Phi) is 2.08. The Bertz CT molecular complexity index is 428. The van der Waals surface area contributed by atoms with E-state index in [2.05, 4.69) is 5.32 Å². The van der Waals surface area contributed by atoms with E-state index >= 15 is 0 Å². The molecule has 3 aliphatic rings. The van der Waals surface area contributed by atoms with Gasteiger partial charge in [0.05, 0.1) is 0 Å². The van der Waals surface area contributed by atoms with Crippen molar-refractivity contribution in [1.29, 1.82) is 0 Å². The number of benzene rings is 1. The van der Waals surface area contributed by atoms with Gasteiger partial charge in [0.25, 0.3) is 0 Å². The summed E-state index contributed by atoms with van der Waals surface area (Å²) in [6, 6.07) is 4.14. The zero-order chi connectivity index (χ0) is 11.3. The van der Waals surface area contributed by atoms with Gasteiger partial charge in [-0.3, -0.25) is 0 Å². The molecule has 1 N–H and O–H groups in total. The van der Waals surface area contributed by atoms with Crippen LogP contribution in [0.2, 0.25) is 0 Å². The maximum absolute atomic E-state index is 13.8. The van der Waals surface area contributed by atoms with Gasteiger partial charge in [-0.2, -0.15) is 0 Å². The highest BCUT2D eigenvalue weighted by atomic mass is 19.1. The van der Waals surface area contributed by atoms with E-state index < -0.39 is 0 Å². The van der Waals surface area contributed by atoms with E-state index in [4.69, 9.17) is 0 Å². The molecule has 0 spiro atoms. The van der Waals surface area contributed by atoms with E-state index in [1.165, 1.54) is 18.2 Å². The van der Waals surface area contributed by atoms with Crippen LogP contribution in [0.5, 0.6) is 0 Å². The zero-order valence-corrected chi connectivity index (χ0v) is 9.26. The molecule has 3 unspecified atom stereocenters. The van der Waals surface area contributed by atoms with Crippen molar-refractivity contribution in [2.45, 2.75) is 30.7 Å². The van der Waals surface area contributed by atoms with E-state index in [0.29, 0.717) is 17.5 Å². The van der Waals surface area contributed by atoms with E-state index in [1.807, 2.05) is 7.05 Å². The molecule has 0 heterocycles. The summed E-state index contributed by atoms with van der Waals surface area (Å²) >= 11 is 0. The average Bonchev–Trinajstić information content (AvgIpc) is 2.81. The van der Waals surface area contributed by atoms with Crippen LogP contribution in [-0.4, -0.2) is 13.1 Å². The highest BCUT2D eigenvalue weighted by Gasteiger charge is 2.60. The van der Waals surface area contributed by atoms with Crippen LogP contribution >= 0.6 is 0 Å². The quantitative estimate of drug-likeness (QED) is 0.812. The van der Waals surface area contributed by atoms with Gasteiger partial charge in [-0.15, -0.1) is 0 Å². The molecule has 4 rings (SSSR count). The van der Waals surface area contributed by atoms with Crippen molar-refractivity contribution in [2.75, 3.05) is 7.05 Å². The highest BCUT2D eigenvalue weighted by Crippen LogP contribution is 2.60. The van der Waals surface area contributed by atoms with Gasteiger partial charge in [-0.25, -0.2) is 8.78 Å². The van der Waals surface area contributed by atoms with E-state index in [0.717, 1.165) is 19.3 Å². The van der Waals surface area contributed by atoms with E-state index in [-0.39, 0.29) is 17.0 Å². The van der Waals surface area contributed by atoms with Gasteiger partial charge in [0.1, 0.15) is 11.6 Å². The second kappa shape index (κ2) is 3.27. The molecule has 3 fully saturated rings. The largest absolute Gasteiger partial charge is 0.316 e. The van der Waals surface area contributed by atoms with Crippen LogP contribution in [-0.2, 0) is 5.41 Å². The lowest BCUT2D eigenvalue weighted by Crippen LogP contribution is -2.56. The minimum Gasteiger partial charge on any atom is -0.316 e. The fraction of sp³-hybridized carbons (Fsp3) is 0.538. The van der Waals surface area contributed by atoms with E-state index in [9.17, 15) is 8.78 Å². The lowest BCUT2D eigenvalue weighted by Gasteiger charge is -2.48. The summed E-state index contributed by atoms with van der Waals surface area (Å²) < 4.78 is 27.0. The molecular weight excluding hydrogens is 208 g/mol. The Hall–Kier alpha value is -0.960. The van der Waals surface area contributed by atoms with Gasteiger partial charge in [0, 0.05) is 11.5 Å². The number of hydrogen-bond donors (Lipinski definition) is 1. The van der Waals surface area contributed by atoms with Gasteiger partial charge in [-0.05, 0) is 56.0 Å². The third-order valence-electron chi connectivity index (χ3n) is 4.43. The van der Waals surface area contributed by atoms with Crippen LogP contribution in [0.1, 0.15) is 24.8 Å². The van der Waals surface area contributed by atoms with Crippen molar-refractivity contribution in [3.63, 3.8) is 0 Å². The molecule has 1 aromatic carbocycles. The molecule has 0 saturated heterocycles. The first-order valence-electron chi connectivity index (χ1n) is 5.80. The number of fused-ring (bicyclic) bond motifs is 1. The van der Waals surface area contributed by atoms with Crippen LogP contribution in [0.25, 0.3) is 0 Å². The molecule has 3 saturated carbocycles. The SMILES string of the molecule is CNC1C2CCC1(c1cc(F)ccc1F)C2. The predicted molar refractivity (Wildman–Crippen MR) is 58.2 cm³/mol. The summed E-state index contributed by atoms with van der Waals surface area (Å²) in [6.45, 7) is 0. The molecule has 1 aromatic rings. The smallest absolute Gasteiger partial charge is 0.127 e. The average molecular weight is 223 g/mol. The number of halogens is 2. The molecule has 0 radical (unpaired) electrons. The summed E-state index contributed by atoms with van der Waals surface area (Å²) in [5.74, 6) is 0.0469. The Balaban J connectivity index is 2.06. The van der Waals surface area contributed by atoms with Crippen molar-refractivity contribution < 1.29 is 8.78 Å². The van der Waals surface area contributed by atoms with Gasteiger partial charge >= 0.3 is 0 Å². The molecule has 0 aliphatic heterocycles. The highest BCUT2D eigenvalue weighted by molar-refractivity contribution is 5.37. The van der Waals surface area contributed by atoms with Crippen LogP contribution in [0.4, 0.5) is 8.78 Å². The Morgan fingerprint density at radius 3 is 2.88 bits per heavy atom. The van der Waals surface area contributed by atoms with Crippen molar-refractivity contribution in [1.82, 2.24) is 5.32 Å². The summed E-state index contributed by atoms with van der Waals surface area (Å²) in [6.07, 6.45) is 3.10. The van der Waals surface area contributed by atoms with Crippen molar-refractivity contribution >= 4 is 0 Å². The van der Waals surface area contributed by atoms with Crippen LogP contribution in [0.3, 0.4) is 0 Å². The topological polar surface area (TPSA) is 12.0 Å². The minimum atomic E-state index is -0.337. The van der Waals surface area contributed by atoms with Gasteiger partial charge in [0.2, 0.25) is 0 Å². The molecule has 0 amide bonds. The Morgan fingerprint density at radius 2 is 2.19 bits per heavy atom. The number of hydrogen-bond acceptors (Lipinski definition) is 1. The Morgan fingerprint density at radius 1 is 1.38 bits per heavy atom. The predicted octanol–water partition coefficient (Wildman–Crippen LogP) is 2.60. The first-order valence-corrected chi connectivity index (χ1v) is 5.80.